The summed E-state index contributed by atoms with van der Waals surface area (Å²) in [6, 6.07) is 8.03. The van der Waals surface area contributed by atoms with Crippen LogP contribution in [0.25, 0.3) is 11.3 Å². The molecule has 1 unspecified atom stereocenters. The van der Waals surface area contributed by atoms with Gasteiger partial charge in [-0.25, -0.2) is 18.6 Å². The van der Waals surface area contributed by atoms with E-state index in [1.165, 1.54) is 16.4 Å². The van der Waals surface area contributed by atoms with Gasteiger partial charge in [-0.05, 0) is 36.2 Å². The molecular formula is C15H18FN3OS. The number of anilines is 1. The Morgan fingerprint density at radius 1 is 1.19 bits per heavy atom. The van der Waals surface area contributed by atoms with Gasteiger partial charge in [-0.1, -0.05) is 13.8 Å². The molecule has 21 heavy (non-hydrogen) atoms. The fraction of sp³-hybridized carbons (Fsp3) is 0.333. The molecular weight excluding hydrogens is 289 g/mol. The molecule has 0 bridgehead atoms. The van der Waals surface area contributed by atoms with Crippen molar-refractivity contribution in [1.29, 1.82) is 0 Å². The van der Waals surface area contributed by atoms with Crippen LogP contribution in [0, 0.1) is 5.82 Å². The molecule has 2 aromatic rings. The van der Waals surface area contributed by atoms with Crippen molar-refractivity contribution in [2.45, 2.75) is 19.8 Å². The highest BCUT2D eigenvalue weighted by Crippen LogP contribution is 2.24. The molecule has 0 aliphatic carbocycles. The van der Waals surface area contributed by atoms with Gasteiger partial charge in [-0.2, -0.15) is 0 Å². The van der Waals surface area contributed by atoms with E-state index in [4.69, 9.17) is 0 Å². The van der Waals surface area contributed by atoms with Crippen molar-refractivity contribution in [3.63, 3.8) is 0 Å². The average Bonchev–Trinajstić information content (AvgIpc) is 2.46. The molecule has 0 radical (unpaired) electrons. The van der Waals surface area contributed by atoms with Crippen LogP contribution < -0.4 is 4.31 Å². The van der Waals surface area contributed by atoms with Crippen LogP contribution in [0.5, 0.6) is 0 Å². The quantitative estimate of drug-likeness (QED) is 0.872. The molecule has 4 nitrogen and oxygen atoms in total. The van der Waals surface area contributed by atoms with E-state index in [0.29, 0.717) is 11.6 Å². The highest BCUT2D eigenvalue weighted by molar-refractivity contribution is 7.85. The van der Waals surface area contributed by atoms with Gasteiger partial charge < -0.3 is 0 Å². The predicted molar refractivity (Wildman–Crippen MR) is 84.0 cm³/mol. The minimum atomic E-state index is -1.20. The molecule has 1 aromatic carbocycles. The highest BCUT2D eigenvalue weighted by Gasteiger charge is 2.14. The molecule has 6 heteroatoms. The summed E-state index contributed by atoms with van der Waals surface area (Å²) in [4.78, 5) is 8.88. The fourth-order valence-electron chi connectivity index (χ4n) is 1.77. The van der Waals surface area contributed by atoms with E-state index in [2.05, 4.69) is 9.97 Å². The smallest absolute Gasteiger partial charge is 0.237 e. The monoisotopic (exact) mass is 307 g/mol. The van der Waals surface area contributed by atoms with Crippen molar-refractivity contribution in [2.24, 2.45) is 0 Å². The molecule has 0 spiro atoms. The average molecular weight is 307 g/mol. The molecule has 0 saturated carbocycles. The Kier molecular flexibility index (Phi) is 4.67. The summed E-state index contributed by atoms with van der Waals surface area (Å²) in [7, 11) is 0.482. The number of hydrogen-bond acceptors (Lipinski definition) is 3. The molecule has 1 heterocycles. The maximum Gasteiger partial charge on any atom is 0.237 e. The van der Waals surface area contributed by atoms with E-state index >= 15 is 0 Å². The number of rotatable bonds is 4. The standard InChI is InChI=1S/C15H18FN3OS/c1-10(2)13-9-14(11-5-7-12(16)8-6-11)18-15(17-13)19(3)21(4)20/h5-10H,1-4H3. The summed E-state index contributed by atoms with van der Waals surface area (Å²) < 4.78 is 26.2. The molecule has 0 N–H and O–H groups in total. The third-order valence-corrected chi connectivity index (χ3v) is 4.07. The minimum absolute atomic E-state index is 0.213. The highest BCUT2D eigenvalue weighted by atomic mass is 32.2. The topological polar surface area (TPSA) is 46.1 Å². The van der Waals surface area contributed by atoms with Crippen molar-refractivity contribution in [3.8, 4) is 11.3 Å². The lowest BCUT2D eigenvalue weighted by Gasteiger charge is -2.16. The largest absolute Gasteiger partial charge is 0.263 e. The second kappa shape index (κ2) is 6.30. The molecule has 0 saturated heterocycles. The first-order valence-electron chi connectivity index (χ1n) is 6.60. The maximum absolute atomic E-state index is 13.0. The molecule has 2 rings (SSSR count). The van der Waals surface area contributed by atoms with Crippen molar-refractivity contribution >= 4 is 16.9 Å². The van der Waals surface area contributed by atoms with E-state index in [0.717, 1.165) is 11.3 Å². The third kappa shape index (κ3) is 3.64. The second-order valence-electron chi connectivity index (χ2n) is 5.06. The van der Waals surface area contributed by atoms with Crippen LogP contribution >= 0.6 is 0 Å². The van der Waals surface area contributed by atoms with Gasteiger partial charge in [0, 0.05) is 24.6 Å². The Labute approximate surface area is 126 Å². The number of hydrogen-bond donors (Lipinski definition) is 0. The zero-order valence-corrected chi connectivity index (χ0v) is 13.3. The van der Waals surface area contributed by atoms with Crippen LogP contribution in [0.2, 0.25) is 0 Å². The summed E-state index contributed by atoms with van der Waals surface area (Å²) in [5, 5.41) is 0. The second-order valence-corrected chi connectivity index (χ2v) is 6.46. The van der Waals surface area contributed by atoms with Crippen LogP contribution in [0.4, 0.5) is 10.3 Å². The molecule has 0 amide bonds. The van der Waals surface area contributed by atoms with Gasteiger partial charge in [-0.15, -0.1) is 0 Å². The van der Waals surface area contributed by atoms with E-state index < -0.39 is 11.0 Å². The summed E-state index contributed by atoms with van der Waals surface area (Å²) >= 11 is 0. The molecule has 0 fully saturated rings. The van der Waals surface area contributed by atoms with Gasteiger partial charge in [0.25, 0.3) is 0 Å². The van der Waals surface area contributed by atoms with E-state index in [1.807, 2.05) is 19.9 Å². The van der Waals surface area contributed by atoms with E-state index in [9.17, 15) is 8.60 Å². The zero-order chi connectivity index (χ0) is 15.6. The van der Waals surface area contributed by atoms with Crippen molar-refractivity contribution < 1.29 is 8.60 Å². The lowest BCUT2D eigenvalue weighted by Crippen LogP contribution is -2.22. The van der Waals surface area contributed by atoms with E-state index in [-0.39, 0.29) is 11.7 Å². The van der Waals surface area contributed by atoms with Crippen molar-refractivity contribution in [1.82, 2.24) is 9.97 Å². The van der Waals surface area contributed by atoms with Crippen LogP contribution in [-0.4, -0.2) is 27.5 Å². The first-order chi connectivity index (χ1) is 9.88. The Balaban J connectivity index is 2.54. The Morgan fingerprint density at radius 3 is 2.33 bits per heavy atom. The summed E-state index contributed by atoms with van der Waals surface area (Å²) in [6.45, 7) is 4.06. The number of nitrogens with zero attached hydrogens (tertiary/aromatic N) is 3. The van der Waals surface area contributed by atoms with Gasteiger partial charge in [0.1, 0.15) is 16.8 Å². The van der Waals surface area contributed by atoms with Crippen LogP contribution in [0.1, 0.15) is 25.5 Å². The molecule has 1 aromatic heterocycles. The lowest BCUT2D eigenvalue weighted by atomic mass is 10.1. The van der Waals surface area contributed by atoms with Gasteiger partial charge in [0.15, 0.2) is 0 Å². The predicted octanol–water partition coefficient (Wildman–Crippen LogP) is 3.14. The molecule has 112 valence electrons. The third-order valence-electron chi connectivity index (χ3n) is 3.13. The Hall–Kier alpha value is -1.82. The SMILES string of the molecule is CC(C)c1cc(-c2ccc(F)cc2)nc(N(C)S(C)=O)n1. The van der Waals surface area contributed by atoms with Crippen LogP contribution in [0.3, 0.4) is 0 Å². The fourth-order valence-corrected chi connectivity index (χ4v) is 2.08. The molecule has 1 atom stereocenters. The van der Waals surface area contributed by atoms with Gasteiger partial charge >= 0.3 is 0 Å². The molecule has 0 aliphatic rings. The van der Waals surface area contributed by atoms with Crippen molar-refractivity contribution in [3.05, 3.63) is 41.8 Å². The first kappa shape index (κ1) is 15.6. The van der Waals surface area contributed by atoms with E-state index in [1.54, 1.807) is 25.4 Å². The van der Waals surface area contributed by atoms with Gasteiger partial charge in [0.2, 0.25) is 5.95 Å². The number of halogens is 1. The van der Waals surface area contributed by atoms with Crippen LogP contribution in [0.15, 0.2) is 30.3 Å². The summed E-state index contributed by atoms with van der Waals surface area (Å²) in [5.41, 5.74) is 2.36. The Bertz CT molecular complexity index is 658. The first-order valence-corrected chi connectivity index (χ1v) is 8.12. The Morgan fingerprint density at radius 2 is 1.81 bits per heavy atom. The lowest BCUT2D eigenvalue weighted by molar-refractivity contribution is 0.628. The number of aromatic nitrogens is 2. The van der Waals surface area contributed by atoms with Crippen LogP contribution in [-0.2, 0) is 11.0 Å². The van der Waals surface area contributed by atoms with Gasteiger partial charge in [0.05, 0.1) is 5.69 Å². The summed E-state index contributed by atoms with van der Waals surface area (Å²) in [5.74, 6) is 0.329. The molecule has 0 aliphatic heterocycles. The number of benzene rings is 1. The summed E-state index contributed by atoms with van der Waals surface area (Å²) in [6.07, 6.45) is 1.57. The maximum atomic E-state index is 13.0. The van der Waals surface area contributed by atoms with Crippen molar-refractivity contribution in [2.75, 3.05) is 17.6 Å². The zero-order valence-electron chi connectivity index (χ0n) is 12.5. The minimum Gasteiger partial charge on any atom is -0.263 e. The van der Waals surface area contributed by atoms with Gasteiger partial charge in [-0.3, -0.25) is 4.31 Å². The normalized spacial score (nSPS) is 12.5.